The van der Waals surface area contributed by atoms with Crippen LogP contribution < -0.4 is 4.74 Å². The Morgan fingerprint density at radius 1 is 1.43 bits per heavy atom. The molecule has 1 aliphatic heterocycles. The number of hydrogen-bond acceptors (Lipinski definition) is 5. The van der Waals surface area contributed by atoms with Gasteiger partial charge in [0.15, 0.2) is 0 Å². The summed E-state index contributed by atoms with van der Waals surface area (Å²) in [5.41, 5.74) is 1.14. The number of aromatic nitrogens is 2. The van der Waals surface area contributed by atoms with Crippen molar-refractivity contribution >= 4 is 17.2 Å². The van der Waals surface area contributed by atoms with Gasteiger partial charge >= 0.3 is 0 Å². The fraction of sp³-hybridized carbons (Fsp3) is 0.400. The molecule has 2 aromatic rings. The summed E-state index contributed by atoms with van der Waals surface area (Å²) < 4.78 is 5.78. The summed E-state index contributed by atoms with van der Waals surface area (Å²) in [6.45, 7) is 3.45. The van der Waals surface area contributed by atoms with E-state index in [2.05, 4.69) is 10.2 Å². The molecule has 0 unspecified atom stereocenters. The highest BCUT2D eigenvalue weighted by Gasteiger charge is 2.25. The molecule has 1 amide bonds. The second-order valence-corrected chi connectivity index (χ2v) is 6.07. The number of ether oxygens (including phenoxy) is 1. The molecule has 21 heavy (non-hydrogen) atoms. The first kappa shape index (κ1) is 14.0. The largest absolute Gasteiger partial charge is 0.473 e. The Kier molecular flexibility index (Phi) is 4.15. The number of amides is 1. The van der Waals surface area contributed by atoms with Crippen LogP contribution in [0.1, 0.15) is 28.1 Å². The molecule has 0 aromatic carbocycles. The average molecular weight is 303 g/mol. The van der Waals surface area contributed by atoms with Gasteiger partial charge in [0.2, 0.25) is 5.88 Å². The van der Waals surface area contributed by atoms with Crippen LogP contribution in [0.25, 0.3) is 0 Å². The number of nitrogens with zero attached hydrogens (tertiary/aromatic N) is 3. The Morgan fingerprint density at radius 2 is 2.24 bits per heavy atom. The predicted octanol–water partition coefficient (Wildman–Crippen LogP) is 2.53. The van der Waals surface area contributed by atoms with Crippen LogP contribution in [0.3, 0.4) is 0 Å². The van der Waals surface area contributed by atoms with Crippen molar-refractivity contribution < 1.29 is 9.53 Å². The van der Waals surface area contributed by atoms with Crippen LogP contribution in [0.15, 0.2) is 29.8 Å². The topological polar surface area (TPSA) is 55.3 Å². The minimum Gasteiger partial charge on any atom is -0.473 e. The molecule has 3 heterocycles. The third kappa shape index (κ3) is 3.39. The molecule has 2 aromatic heterocycles. The third-order valence-electron chi connectivity index (χ3n) is 3.51. The SMILES string of the molecule is Cc1csc(C(=O)N2CCC(Oc3cccnn3)CC2)c1. The Labute approximate surface area is 127 Å². The van der Waals surface area contributed by atoms with E-state index in [0.717, 1.165) is 36.4 Å². The minimum absolute atomic E-state index is 0.107. The van der Waals surface area contributed by atoms with Crippen molar-refractivity contribution in [2.75, 3.05) is 13.1 Å². The number of carbonyl (C=O) groups is 1. The lowest BCUT2D eigenvalue weighted by molar-refractivity contribution is 0.0590. The van der Waals surface area contributed by atoms with Crippen molar-refractivity contribution in [2.45, 2.75) is 25.9 Å². The van der Waals surface area contributed by atoms with Crippen LogP contribution in [-0.2, 0) is 0 Å². The van der Waals surface area contributed by atoms with Crippen molar-refractivity contribution in [1.82, 2.24) is 15.1 Å². The van der Waals surface area contributed by atoms with Gasteiger partial charge < -0.3 is 9.64 Å². The van der Waals surface area contributed by atoms with E-state index in [0.29, 0.717) is 5.88 Å². The third-order valence-corrected chi connectivity index (χ3v) is 4.54. The number of thiophene rings is 1. The van der Waals surface area contributed by atoms with E-state index >= 15 is 0 Å². The molecule has 0 aliphatic carbocycles. The minimum atomic E-state index is 0.107. The van der Waals surface area contributed by atoms with Crippen molar-refractivity contribution in [1.29, 1.82) is 0 Å². The number of rotatable bonds is 3. The molecule has 5 nitrogen and oxygen atoms in total. The van der Waals surface area contributed by atoms with Crippen LogP contribution in [0, 0.1) is 6.92 Å². The summed E-state index contributed by atoms with van der Waals surface area (Å²) in [7, 11) is 0. The van der Waals surface area contributed by atoms with E-state index in [1.54, 1.807) is 18.3 Å². The Morgan fingerprint density at radius 3 is 2.86 bits per heavy atom. The van der Waals surface area contributed by atoms with Gasteiger partial charge in [0.25, 0.3) is 5.91 Å². The molecule has 1 aliphatic rings. The van der Waals surface area contributed by atoms with Crippen LogP contribution in [0.2, 0.25) is 0 Å². The van der Waals surface area contributed by atoms with E-state index < -0.39 is 0 Å². The average Bonchev–Trinajstić information content (AvgIpc) is 2.95. The molecule has 0 atom stereocenters. The zero-order valence-corrected chi connectivity index (χ0v) is 12.7. The molecule has 3 rings (SSSR count). The number of piperidine rings is 1. The lowest BCUT2D eigenvalue weighted by Crippen LogP contribution is -2.41. The van der Waals surface area contributed by atoms with Crippen molar-refractivity contribution in [2.24, 2.45) is 0 Å². The maximum atomic E-state index is 12.4. The quantitative estimate of drug-likeness (QED) is 0.874. The fourth-order valence-electron chi connectivity index (χ4n) is 2.40. The maximum absolute atomic E-state index is 12.4. The van der Waals surface area contributed by atoms with Gasteiger partial charge in [-0.3, -0.25) is 4.79 Å². The van der Waals surface area contributed by atoms with Gasteiger partial charge in [-0.2, -0.15) is 5.10 Å². The zero-order valence-electron chi connectivity index (χ0n) is 11.9. The normalized spacial score (nSPS) is 16.0. The first-order valence-corrected chi connectivity index (χ1v) is 7.89. The smallest absolute Gasteiger partial charge is 0.263 e. The van der Waals surface area contributed by atoms with E-state index in [9.17, 15) is 4.79 Å². The van der Waals surface area contributed by atoms with Gasteiger partial charge in [-0.25, -0.2) is 0 Å². The standard InChI is InChI=1S/C15H17N3O2S/c1-11-9-13(21-10-11)15(19)18-7-4-12(5-8-18)20-14-3-2-6-16-17-14/h2-3,6,9-10,12H,4-5,7-8H2,1H3. The molecule has 110 valence electrons. The molecule has 6 heteroatoms. The lowest BCUT2D eigenvalue weighted by Gasteiger charge is -2.31. The summed E-state index contributed by atoms with van der Waals surface area (Å²) in [5, 5.41) is 9.73. The number of aryl methyl sites for hydroxylation is 1. The Hall–Kier alpha value is -1.95. The number of likely N-dealkylation sites (tertiary alicyclic amines) is 1. The summed E-state index contributed by atoms with van der Waals surface area (Å²) in [6, 6.07) is 5.56. The molecule has 1 fully saturated rings. The molecule has 1 saturated heterocycles. The highest BCUT2D eigenvalue weighted by Crippen LogP contribution is 2.21. The molecule has 0 radical (unpaired) electrons. The van der Waals surface area contributed by atoms with Crippen molar-refractivity contribution in [3.05, 3.63) is 40.2 Å². The molecular formula is C15H17N3O2S. The van der Waals surface area contributed by atoms with Crippen LogP contribution >= 0.6 is 11.3 Å². The molecule has 0 saturated carbocycles. The zero-order chi connectivity index (χ0) is 14.7. The molecule has 0 bridgehead atoms. The summed E-state index contributed by atoms with van der Waals surface area (Å²) >= 11 is 1.51. The van der Waals surface area contributed by atoms with E-state index in [1.807, 2.05) is 23.3 Å². The number of carbonyl (C=O) groups excluding carboxylic acids is 1. The van der Waals surface area contributed by atoms with E-state index in [1.165, 1.54) is 11.3 Å². The highest BCUT2D eigenvalue weighted by molar-refractivity contribution is 7.12. The Bertz CT molecular complexity index is 606. The van der Waals surface area contributed by atoms with Gasteiger partial charge in [0, 0.05) is 38.2 Å². The van der Waals surface area contributed by atoms with Crippen LogP contribution in [0.5, 0.6) is 5.88 Å². The van der Waals surface area contributed by atoms with Gasteiger partial charge in [-0.1, -0.05) is 0 Å². The van der Waals surface area contributed by atoms with Gasteiger partial charge in [-0.05, 0) is 30.0 Å². The molecule has 0 spiro atoms. The second kappa shape index (κ2) is 6.22. The molecule has 0 N–H and O–H groups in total. The number of hydrogen-bond donors (Lipinski definition) is 0. The van der Waals surface area contributed by atoms with E-state index in [-0.39, 0.29) is 12.0 Å². The second-order valence-electron chi connectivity index (χ2n) is 5.16. The predicted molar refractivity (Wildman–Crippen MR) is 80.6 cm³/mol. The first-order chi connectivity index (χ1) is 10.2. The van der Waals surface area contributed by atoms with Gasteiger partial charge in [0.1, 0.15) is 6.10 Å². The van der Waals surface area contributed by atoms with Crippen molar-refractivity contribution in [3.8, 4) is 5.88 Å². The highest BCUT2D eigenvalue weighted by atomic mass is 32.1. The fourth-order valence-corrected chi connectivity index (χ4v) is 3.26. The van der Waals surface area contributed by atoms with Crippen molar-refractivity contribution in [3.63, 3.8) is 0 Å². The first-order valence-electron chi connectivity index (χ1n) is 7.01. The van der Waals surface area contributed by atoms with Gasteiger partial charge in [-0.15, -0.1) is 16.4 Å². The molecular weight excluding hydrogens is 286 g/mol. The summed E-state index contributed by atoms with van der Waals surface area (Å²) in [4.78, 5) is 15.1. The lowest BCUT2D eigenvalue weighted by atomic mass is 10.1. The van der Waals surface area contributed by atoms with Crippen LogP contribution in [-0.4, -0.2) is 40.2 Å². The van der Waals surface area contributed by atoms with E-state index in [4.69, 9.17) is 4.74 Å². The monoisotopic (exact) mass is 303 g/mol. The summed E-state index contributed by atoms with van der Waals surface area (Å²) in [5.74, 6) is 0.683. The summed E-state index contributed by atoms with van der Waals surface area (Å²) in [6.07, 6.45) is 3.38. The van der Waals surface area contributed by atoms with Crippen LogP contribution in [0.4, 0.5) is 0 Å². The maximum Gasteiger partial charge on any atom is 0.263 e. The Balaban J connectivity index is 1.54. The van der Waals surface area contributed by atoms with Gasteiger partial charge in [0.05, 0.1) is 4.88 Å².